The molecule has 2 rings (SSSR count). The first-order valence-corrected chi connectivity index (χ1v) is 7.34. The highest BCUT2D eigenvalue weighted by molar-refractivity contribution is 5.09. The second-order valence-corrected chi connectivity index (χ2v) is 5.71. The Kier molecular flexibility index (Phi) is 5.43. The van der Waals surface area contributed by atoms with Crippen molar-refractivity contribution in [3.05, 3.63) is 24.2 Å². The standard InChI is InChI=1S/C15H27N3O/c1-4-6-16-14(10-13-5-9-19-12-13)15-11-17(2)7-8-18(15)3/h5,9,12,14-16H,4,6-8,10-11H2,1-3H3. The van der Waals surface area contributed by atoms with Gasteiger partial charge in [-0.25, -0.2) is 0 Å². The summed E-state index contributed by atoms with van der Waals surface area (Å²) in [4.78, 5) is 4.92. The minimum absolute atomic E-state index is 0.491. The number of likely N-dealkylation sites (N-methyl/N-ethyl adjacent to an activating group) is 2. The molecular formula is C15H27N3O. The molecule has 1 aliphatic rings. The van der Waals surface area contributed by atoms with Gasteiger partial charge in [0.2, 0.25) is 0 Å². The molecule has 1 fully saturated rings. The van der Waals surface area contributed by atoms with Gasteiger partial charge < -0.3 is 14.6 Å². The van der Waals surface area contributed by atoms with Gasteiger partial charge in [0.25, 0.3) is 0 Å². The molecule has 4 nitrogen and oxygen atoms in total. The van der Waals surface area contributed by atoms with E-state index in [-0.39, 0.29) is 0 Å². The topological polar surface area (TPSA) is 31.7 Å². The Bertz CT molecular complexity index is 352. The number of nitrogens with one attached hydrogen (secondary N) is 1. The summed E-state index contributed by atoms with van der Waals surface area (Å²) >= 11 is 0. The van der Waals surface area contributed by atoms with E-state index in [1.54, 1.807) is 6.26 Å². The van der Waals surface area contributed by atoms with E-state index in [0.29, 0.717) is 12.1 Å². The number of hydrogen-bond acceptors (Lipinski definition) is 4. The smallest absolute Gasteiger partial charge is 0.0935 e. The van der Waals surface area contributed by atoms with E-state index in [0.717, 1.165) is 26.1 Å². The van der Waals surface area contributed by atoms with Crippen LogP contribution in [-0.4, -0.2) is 62.2 Å². The van der Waals surface area contributed by atoms with Crippen LogP contribution in [0, 0.1) is 0 Å². The summed E-state index contributed by atoms with van der Waals surface area (Å²) < 4.78 is 5.20. The zero-order valence-corrected chi connectivity index (χ0v) is 12.4. The maximum Gasteiger partial charge on any atom is 0.0935 e. The number of nitrogens with zero attached hydrogens (tertiary/aromatic N) is 2. The van der Waals surface area contributed by atoms with Crippen molar-refractivity contribution in [1.82, 2.24) is 15.1 Å². The predicted octanol–water partition coefficient (Wildman–Crippen LogP) is 1.44. The monoisotopic (exact) mass is 265 g/mol. The van der Waals surface area contributed by atoms with Crippen LogP contribution < -0.4 is 5.32 Å². The van der Waals surface area contributed by atoms with Crippen LogP contribution in [0.25, 0.3) is 0 Å². The zero-order chi connectivity index (χ0) is 13.7. The Morgan fingerprint density at radius 2 is 2.26 bits per heavy atom. The first-order chi connectivity index (χ1) is 9.20. The number of furan rings is 1. The minimum Gasteiger partial charge on any atom is -0.472 e. The molecule has 1 saturated heterocycles. The molecule has 4 heteroatoms. The second kappa shape index (κ2) is 7.08. The van der Waals surface area contributed by atoms with Gasteiger partial charge in [0, 0.05) is 31.7 Å². The number of piperazine rings is 1. The molecule has 0 aliphatic carbocycles. The molecule has 0 bridgehead atoms. The summed E-state index contributed by atoms with van der Waals surface area (Å²) in [5.41, 5.74) is 1.29. The molecule has 0 amide bonds. The van der Waals surface area contributed by atoms with Gasteiger partial charge in [-0.15, -0.1) is 0 Å². The van der Waals surface area contributed by atoms with Crippen LogP contribution in [0.3, 0.4) is 0 Å². The lowest BCUT2D eigenvalue weighted by Gasteiger charge is -2.42. The first-order valence-electron chi connectivity index (χ1n) is 7.34. The molecular weight excluding hydrogens is 238 g/mol. The summed E-state index contributed by atoms with van der Waals surface area (Å²) in [5.74, 6) is 0. The molecule has 1 N–H and O–H groups in total. The van der Waals surface area contributed by atoms with Crippen molar-refractivity contribution in [1.29, 1.82) is 0 Å². The third-order valence-corrected chi connectivity index (χ3v) is 4.06. The fourth-order valence-electron chi connectivity index (χ4n) is 2.82. The summed E-state index contributed by atoms with van der Waals surface area (Å²) in [6.07, 6.45) is 5.85. The maximum atomic E-state index is 5.20. The molecule has 19 heavy (non-hydrogen) atoms. The molecule has 0 radical (unpaired) electrons. The van der Waals surface area contributed by atoms with Gasteiger partial charge in [-0.1, -0.05) is 6.92 Å². The van der Waals surface area contributed by atoms with E-state index < -0.39 is 0 Å². The van der Waals surface area contributed by atoms with Crippen LogP contribution in [0.4, 0.5) is 0 Å². The molecule has 1 aromatic heterocycles. The Morgan fingerprint density at radius 3 is 2.95 bits per heavy atom. The van der Waals surface area contributed by atoms with Crippen LogP contribution in [0.5, 0.6) is 0 Å². The van der Waals surface area contributed by atoms with E-state index in [9.17, 15) is 0 Å². The summed E-state index contributed by atoms with van der Waals surface area (Å²) in [7, 11) is 4.46. The fraction of sp³-hybridized carbons (Fsp3) is 0.733. The molecule has 0 saturated carbocycles. The molecule has 2 atom stereocenters. The number of rotatable bonds is 6. The van der Waals surface area contributed by atoms with Crippen LogP contribution in [0.15, 0.2) is 23.0 Å². The van der Waals surface area contributed by atoms with Crippen LogP contribution in [0.1, 0.15) is 18.9 Å². The Balaban J connectivity index is 2.02. The maximum absolute atomic E-state index is 5.20. The molecule has 2 heterocycles. The third kappa shape index (κ3) is 4.06. The molecule has 0 aromatic carbocycles. The molecule has 0 spiro atoms. The zero-order valence-electron chi connectivity index (χ0n) is 12.4. The van der Waals surface area contributed by atoms with Gasteiger partial charge in [0.1, 0.15) is 0 Å². The average Bonchev–Trinajstić information content (AvgIpc) is 2.90. The van der Waals surface area contributed by atoms with Gasteiger partial charge in [-0.05, 0) is 45.1 Å². The van der Waals surface area contributed by atoms with Gasteiger partial charge in [-0.3, -0.25) is 4.90 Å². The van der Waals surface area contributed by atoms with Crippen molar-refractivity contribution in [2.75, 3.05) is 40.3 Å². The average molecular weight is 265 g/mol. The highest BCUT2D eigenvalue weighted by Crippen LogP contribution is 2.15. The Hall–Kier alpha value is -0.840. The van der Waals surface area contributed by atoms with Crippen molar-refractivity contribution in [3.63, 3.8) is 0 Å². The second-order valence-electron chi connectivity index (χ2n) is 5.71. The van der Waals surface area contributed by atoms with Crippen LogP contribution >= 0.6 is 0 Å². The van der Waals surface area contributed by atoms with Crippen molar-refractivity contribution in [2.24, 2.45) is 0 Å². The lowest BCUT2D eigenvalue weighted by atomic mass is 9.97. The lowest BCUT2D eigenvalue weighted by molar-refractivity contribution is 0.0876. The summed E-state index contributed by atoms with van der Waals surface area (Å²) in [6.45, 7) is 6.75. The Labute approximate surface area is 116 Å². The SMILES string of the molecule is CCCNC(Cc1ccoc1)C1CN(C)CCN1C. The molecule has 2 unspecified atom stereocenters. The van der Waals surface area contributed by atoms with E-state index in [2.05, 4.69) is 42.2 Å². The normalized spacial score (nSPS) is 23.6. The summed E-state index contributed by atoms with van der Waals surface area (Å²) in [5, 5.41) is 3.72. The molecule has 108 valence electrons. The fourth-order valence-corrected chi connectivity index (χ4v) is 2.82. The van der Waals surface area contributed by atoms with Crippen molar-refractivity contribution >= 4 is 0 Å². The summed E-state index contributed by atoms with van der Waals surface area (Å²) in [6, 6.07) is 3.14. The third-order valence-electron chi connectivity index (χ3n) is 4.06. The predicted molar refractivity (Wildman–Crippen MR) is 78.4 cm³/mol. The van der Waals surface area contributed by atoms with Crippen molar-refractivity contribution < 1.29 is 4.42 Å². The van der Waals surface area contributed by atoms with E-state index in [4.69, 9.17) is 4.42 Å². The lowest BCUT2D eigenvalue weighted by Crippen LogP contribution is -2.59. The Morgan fingerprint density at radius 1 is 1.42 bits per heavy atom. The molecule has 1 aromatic rings. The van der Waals surface area contributed by atoms with E-state index in [1.165, 1.54) is 18.5 Å². The highest BCUT2D eigenvalue weighted by atomic mass is 16.3. The van der Waals surface area contributed by atoms with Gasteiger partial charge >= 0.3 is 0 Å². The first kappa shape index (κ1) is 14.6. The number of hydrogen-bond donors (Lipinski definition) is 1. The van der Waals surface area contributed by atoms with E-state index >= 15 is 0 Å². The van der Waals surface area contributed by atoms with E-state index in [1.807, 2.05) is 6.26 Å². The van der Waals surface area contributed by atoms with Crippen molar-refractivity contribution in [3.8, 4) is 0 Å². The van der Waals surface area contributed by atoms with Gasteiger partial charge in [-0.2, -0.15) is 0 Å². The quantitative estimate of drug-likeness (QED) is 0.843. The largest absolute Gasteiger partial charge is 0.472 e. The van der Waals surface area contributed by atoms with Gasteiger partial charge in [0.15, 0.2) is 0 Å². The van der Waals surface area contributed by atoms with Crippen LogP contribution in [0.2, 0.25) is 0 Å². The van der Waals surface area contributed by atoms with Crippen molar-refractivity contribution in [2.45, 2.75) is 31.8 Å². The highest BCUT2D eigenvalue weighted by Gasteiger charge is 2.29. The minimum atomic E-state index is 0.491. The van der Waals surface area contributed by atoms with Crippen LogP contribution in [-0.2, 0) is 6.42 Å². The van der Waals surface area contributed by atoms with Gasteiger partial charge in [0.05, 0.1) is 12.5 Å². The molecule has 1 aliphatic heterocycles.